The molecule has 0 radical (unpaired) electrons. The molecule has 4 nitrogen and oxygen atoms in total. The molecular formula is C64H60N2O2. The molecule has 0 atom stereocenters. The quantitative estimate of drug-likeness (QED) is 0.137. The van der Waals surface area contributed by atoms with Crippen LogP contribution in [0.3, 0.4) is 0 Å². The molecule has 0 amide bonds. The van der Waals surface area contributed by atoms with Crippen molar-refractivity contribution in [3.8, 4) is 0 Å². The Labute approximate surface area is 400 Å². The number of hydrogen-bond donors (Lipinski definition) is 0. The zero-order valence-electron chi connectivity index (χ0n) is 41.0. The minimum absolute atomic E-state index is 0.350. The van der Waals surface area contributed by atoms with Crippen molar-refractivity contribution in [3.63, 3.8) is 0 Å². The normalized spacial score (nSPS) is 12.2. The molecule has 0 fully saturated rings. The van der Waals surface area contributed by atoms with Gasteiger partial charge in [-0.1, -0.05) is 128 Å². The average Bonchev–Trinajstić information content (AvgIpc) is 3.87. The van der Waals surface area contributed by atoms with Gasteiger partial charge in [0, 0.05) is 55.7 Å². The second-order valence-electron chi connectivity index (χ2n) is 20.3. The van der Waals surface area contributed by atoms with Gasteiger partial charge < -0.3 is 18.6 Å². The van der Waals surface area contributed by atoms with E-state index in [0.717, 1.165) is 76.8 Å². The van der Waals surface area contributed by atoms with Gasteiger partial charge in [0.05, 0.1) is 0 Å². The third kappa shape index (κ3) is 7.29. The number of para-hydroxylation sites is 2. The van der Waals surface area contributed by atoms with Gasteiger partial charge in [0.2, 0.25) is 0 Å². The van der Waals surface area contributed by atoms with Crippen LogP contribution in [0.25, 0.3) is 65.4 Å². The SMILES string of the molecule is Cc1ccccc1N(c1ccc2cc3c(cc2c1)oc1ccc2oc4cc5cc(N(c6ccccc6C)c6ccc(C(C)C)cc6C(C)C)ccc5cc4c2c13)c1ccc(C(C)C)cc1C(C)C. The largest absolute Gasteiger partial charge is 0.456 e. The summed E-state index contributed by atoms with van der Waals surface area (Å²) in [4.78, 5) is 4.89. The van der Waals surface area contributed by atoms with Crippen molar-refractivity contribution < 1.29 is 8.83 Å². The fraction of sp³-hybridized carbons (Fsp3) is 0.219. The van der Waals surface area contributed by atoms with Crippen molar-refractivity contribution in [1.29, 1.82) is 0 Å². The molecule has 0 saturated heterocycles. The monoisotopic (exact) mass is 888 g/mol. The molecule has 0 bridgehead atoms. The highest BCUT2D eigenvalue weighted by Gasteiger charge is 2.24. The first-order valence-corrected chi connectivity index (χ1v) is 24.5. The zero-order valence-corrected chi connectivity index (χ0v) is 41.0. The minimum atomic E-state index is 0.350. The second-order valence-corrected chi connectivity index (χ2v) is 20.3. The summed E-state index contributed by atoms with van der Waals surface area (Å²) >= 11 is 0. The van der Waals surface area contributed by atoms with Gasteiger partial charge >= 0.3 is 0 Å². The van der Waals surface area contributed by atoms with Crippen LogP contribution in [0.2, 0.25) is 0 Å². The van der Waals surface area contributed by atoms with E-state index >= 15 is 0 Å². The Balaban J connectivity index is 1.04. The average molecular weight is 889 g/mol. The third-order valence-corrected chi connectivity index (χ3v) is 14.3. The number of hydrogen-bond acceptors (Lipinski definition) is 4. The second kappa shape index (κ2) is 16.8. The summed E-state index contributed by atoms with van der Waals surface area (Å²) in [5.41, 5.74) is 18.3. The summed E-state index contributed by atoms with van der Waals surface area (Å²) in [6, 6.07) is 58.4. The number of fused-ring (bicyclic) bond motifs is 9. The highest BCUT2D eigenvalue weighted by atomic mass is 16.3. The lowest BCUT2D eigenvalue weighted by atomic mass is 9.93. The van der Waals surface area contributed by atoms with Crippen LogP contribution in [0.4, 0.5) is 34.1 Å². The number of rotatable bonds is 10. The predicted molar refractivity (Wildman–Crippen MR) is 291 cm³/mol. The van der Waals surface area contributed by atoms with E-state index in [2.05, 4.69) is 237 Å². The summed E-state index contributed by atoms with van der Waals surface area (Å²) in [7, 11) is 0. The maximum atomic E-state index is 6.77. The molecule has 0 aliphatic carbocycles. The van der Waals surface area contributed by atoms with Crippen LogP contribution in [-0.2, 0) is 0 Å². The van der Waals surface area contributed by atoms with Crippen molar-refractivity contribution >= 4 is 99.5 Å². The molecule has 11 aromatic rings. The maximum Gasteiger partial charge on any atom is 0.136 e. The van der Waals surface area contributed by atoms with Gasteiger partial charge in [-0.05, 0) is 177 Å². The molecule has 2 aromatic heterocycles. The van der Waals surface area contributed by atoms with Crippen molar-refractivity contribution in [2.45, 2.75) is 92.9 Å². The lowest BCUT2D eigenvalue weighted by molar-refractivity contribution is 0.663. The Morgan fingerprint density at radius 2 is 0.750 bits per heavy atom. The molecular weight excluding hydrogens is 829 g/mol. The van der Waals surface area contributed by atoms with E-state index in [-0.39, 0.29) is 0 Å². The van der Waals surface area contributed by atoms with Crippen molar-refractivity contribution in [2.24, 2.45) is 0 Å². The minimum Gasteiger partial charge on any atom is -0.456 e. The first-order chi connectivity index (χ1) is 32.8. The molecule has 0 aliphatic heterocycles. The Hall–Kier alpha value is -7.30. The fourth-order valence-electron chi connectivity index (χ4n) is 10.5. The van der Waals surface area contributed by atoms with Gasteiger partial charge in [0.15, 0.2) is 0 Å². The highest BCUT2D eigenvalue weighted by molar-refractivity contribution is 6.28. The lowest BCUT2D eigenvalue weighted by Gasteiger charge is -2.31. The number of furan rings is 2. The van der Waals surface area contributed by atoms with Crippen molar-refractivity contribution in [1.82, 2.24) is 0 Å². The predicted octanol–water partition coefficient (Wildman–Crippen LogP) is 19.8. The van der Waals surface area contributed by atoms with Crippen LogP contribution in [0.15, 0.2) is 167 Å². The summed E-state index contributed by atoms with van der Waals surface area (Å²) < 4.78 is 13.5. The van der Waals surface area contributed by atoms with E-state index < -0.39 is 0 Å². The smallest absolute Gasteiger partial charge is 0.136 e. The molecule has 2 heterocycles. The Morgan fingerprint density at radius 1 is 0.338 bits per heavy atom. The van der Waals surface area contributed by atoms with Crippen LogP contribution in [0, 0.1) is 13.8 Å². The molecule has 0 spiro atoms. The first kappa shape index (κ1) is 43.3. The van der Waals surface area contributed by atoms with Gasteiger partial charge in [0.25, 0.3) is 0 Å². The number of nitrogens with zero attached hydrogens (tertiary/aromatic N) is 2. The van der Waals surface area contributed by atoms with Gasteiger partial charge in [-0.3, -0.25) is 0 Å². The number of aryl methyl sites for hydroxylation is 2. The summed E-state index contributed by atoms with van der Waals surface area (Å²) in [6.45, 7) is 22.7. The Kier molecular flexibility index (Phi) is 10.7. The molecule has 11 rings (SSSR count). The van der Waals surface area contributed by atoms with Crippen molar-refractivity contribution in [3.05, 3.63) is 191 Å². The van der Waals surface area contributed by atoms with E-state index in [1.807, 2.05) is 0 Å². The van der Waals surface area contributed by atoms with Crippen LogP contribution in [-0.4, -0.2) is 0 Å². The van der Waals surface area contributed by atoms with Gasteiger partial charge in [-0.2, -0.15) is 0 Å². The molecule has 338 valence electrons. The van der Waals surface area contributed by atoms with Crippen molar-refractivity contribution in [2.75, 3.05) is 9.80 Å². The first-order valence-electron chi connectivity index (χ1n) is 24.5. The standard InChI is InChI=1S/C64H60N2O2/c1-37(2)43-21-25-57(51(31-43)39(5)6)65(55-17-13-11-15-41(55)9)49-23-19-45-33-53-61(35-47(45)29-49)67-59-27-28-60-64(63(53)59)54-34-46-20-24-50(30-48(46)36-62(54)68-60)66(56-18-14-12-16-42(56)10)58-26-22-44(38(3)4)32-52(58)40(7)8/h11-40H,1-10H3. The molecule has 0 aliphatic rings. The van der Waals surface area contributed by atoms with E-state index in [9.17, 15) is 0 Å². The van der Waals surface area contributed by atoms with E-state index in [4.69, 9.17) is 8.83 Å². The Morgan fingerprint density at radius 3 is 1.13 bits per heavy atom. The molecule has 9 aromatic carbocycles. The lowest BCUT2D eigenvalue weighted by Crippen LogP contribution is -2.14. The van der Waals surface area contributed by atoms with Crippen LogP contribution < -0.4 is 9.80 Å². The van der Waals surface area contributed by atoms with E-state index in [1.165, 1.54) is 56.1 Å². The van der Waals surface area contributed by atoms with E-state index in [1.54, 1.807) is 0 Å². The molecule has 68 heavy (non-hydrogen) atoms. The maximum absolute atomic E-state index is 6.77. The van der Waals surface area contributed by atoms with E-state index in [0.29, 0.717) is 23.7 Å². The molecule has 0 N–H and O–H groups in total. The van der Waals surface area contributed by atoms with Gasteiger partial charge in [0.1, 0.15) is 22.3 Å². The molecule has 0 saturated carbocycles. The Bertz CT molecular complexity index is 3500. The fourth-order valence-corrected chi connectivity index (χ4v) is 10.5. The zero-order chi connectivity index (χ0) is 47.1. The highest BCUT2D eigenvalue weighted by Crippen LogP contribution is 2.47. The van der Waals surface area contributed by atoms with Crippen LogP contribution in [0.5, 0.6) is 0 Å². The summed E-state index contributed by atoms with van der Waals surface area (Å²) in [5, 5.41) is 8.93. The third-order valence-electron chi connectivity index (χ3n) is 14.3. The summed E-state index contributed by atoms with van der Waals surface area (Å²) in [6.07, 6.45) is 0. The number of anilines is 6. The van der Waals surface area contributed by atoms with Crippen LogP contribution >= 0.6 is 0 Å². The van der Waals surface area contributed by atoms with Crippen LogP contribution in [0.1, 0.15) is 112 Å². The summed E-state index contributed by atoms with van der Waals surface area (Å²) in [5.74, 6) is 1.60. The topological polar surface area (TPSA) is 32.8 Å². The molecule has 0 unspecified atom stereocenters. The molecule has 4 heteroatoms. The van der Waals surface area contributed by atoms with Gasteiger partial charge in [-0.25, -0.2) is 0 Å². The van der Waals surface area contributed by atoms with Gasteiger partial charge in [-0.15, -0.1) is 0 Å². The number of benzene rings is 9.